The summed E-state index contributed by atoms with van der Waals surface area (Å²) < 4.78 is 7.43. The molecule has 2 saturated heterocycles. The highest BCUT2D eigenvalue weighted by atomic mass is 16.5. The van der Waals surface area contributed by atoms with Crippen molar-refractivity contribution in [1.29, 1.82) is 0 Å². The van der Waals surface area contributed by atoms with Crippen LogP contribution in [-0.2, 0) is 16.1 Å². The molecule has 1 aromatic carbocycles. The van der Waals surface area contributed by atoms with Gasteiger partial charge in [0.1, 0.15) is 0 Å². The predicted molar refractivity (Wildman–Crippen MR) is 142 cm³/mol. The second-order valence-corrected chi connectivity index (χ2v) is 11.4. The normalized spacial score (nSPS) is 22.2. The van der Waals surface area contributed by atoms with Crippen molar-refractivity contribution in [2.45, 2.75) is 52.1 Å². The number of imidazole rings is 1. The fraction of sp³-hybridized carbons (Fsp3) is 0.643. The Hall–Kier alpha value is -3.14. The van der Waals surface area contributed by atoms with Crippen LogP contribution in [0.1, 0.15) is 50.1 Å². The number of fused-ring (bicyclic) bond motifs is 1. The summed E-state index contributed by atoms with van der Waals surface area (Å²) in [7, 11) is 0. The number of para-hydroxylation sites is 2. The van der Waals surface area contributed by atoms with E-state index < -0.39 is 18.1 Å². The van der Waals surface area contributed by atoms with Crippen molar-refractivity contribution in [1.82, 2.24) is 24.3 Å². The molecule has 1 saturated carbocycles. The van der Waals surface area contributed by atoms with Crippen molar-refractivity contribution in [2.24, 2.45) is 17.8 Å². The Bertz CT molecular complexity index is 1170. The van der Waals surface area contributed by atoms with E-state index in [0.29, 0.717) is 51.0 Å². The largest absolute Gasteiger partial charge is 0.465 e. The van der Waals surface area contributed by atoms with E-state index in [9.17, 15) is 19.5 Å². The average molecular weight is 526 g/mol. The van der Waals surface area contributed by atoms with Gasteiger partial charge in [-0.1, -0.05) is 38.8 Å². The lowest BCUT2D eigenvalue weighted by atomic mass is 9.91. The molecule has 2 aliphatic heterocycles. The van der Waals surface area contributed by atoms with E-state index >= 15 is 0 Å². The molecule has 0 spiro atoms. The molecule has 38 heavy (non-hydrogen) atoms. The van der Waals surface area contributed by atoms with Crippen molar-refractivity contribution in [3.63, 3.8) is 0 Å². The quantitative estimate of drug-likeness (QED) is 0.567. The molecule has 0 bridgehead atoms. The first kappa shape index (κ1) is 26.5. The molecule has 1 N–H and O–H groups in total. The first-order valence-corrected chi connectivity index (χ1v) is 13.9. The summed E-state index contributed by atoms with van der Waals surface area (Å²) in [6, 6.07) is 7.40. The fourth-order valence-electron chi connectivity index (χ4n) is 5.78. The van der Waals surface area contributed by atoms with Crippen LogP contribution in [0, 0.1) is 17.8 Å². The SMILES string of the molecule is CC(C)CN(C(=O)c1nc2ccccc2n1CCC1CC1)[C@H]1C[C@@H](C(=O)N2CCOCC2)CN(C(=O)O)C1. The number of carbonyl (C=O) groups is 3. The molecule has 10 heteroatoms. The highest BCUT2D eigenvalue weighted by Gasteiger charge is 2.41. The van der Waals surface area contributed by atoms with Gasteiger partial charge in [0.25, 0.3) is 5.91 Å². The minimum atomic E-state index is -1.07. The van der Waals surface area contributed by atoms with E-state index in [1.54, 1.807) is 9.80 Å². The van der Waals surface area contributed by atoms with Gasteiger partial charge in [-0.15, -0.1) is 0 Å². The van der Waals surface area contributed by atoms with Gasteiger partial charge < -0.3 is 29.1 Å². The number of aromatic nitrogens is 2. The smallest absolute Gasteiger partial charge is 0.407 e. The highest BCUT2D eigenvalue weighted by molar-refractivity contribution is 5.95. The van der Waals surface area contributed by atoms with Crippen LogP contribution >= 0.6 is 0 Å². The lowest BCUT2D eigenvalue weighted by molar-refractivity contribution is -0.142. The van der Waals surface area contributed by atoms with Crippen LogP contribution in [0.3, 0.4) is 0 Å². The van der Waals surface area contributed by atoms with E-state index in [1.165, 1.54) is 17.7 Å². The molecule has 1 aliphatic carbocycles. The average Bonchev–Trinajstić information content (AvgIpc) is 3.68. The van der Waals surface area contributed by atoms with E-state index in [1.807, 2.05) is 42.7 Å². The van der Waals surface area contributed by atoms with Gasteiger partial charge in [0.05, 0.1) is 36.2 Å². The summed E-state index contributed by atoms with van der Waals surface area (Å²) in [5, 5.41) is 9.91. The summed E-state index contributed by atoms with van der Waals surface area (Å²) in [4.78, 5) is 49.4. The number of rotatable bonds is 8. The Labute approximate surface area is 223 Å². The molecule has 5 rings (SSSR count). The fourth-order valence-corrected chi connectivity index (χ4v) is 5.78. The number of carboxylic acid groups (broad SMARTS) is 1. The number of nitrogens with zero attached hydrogens (tertiary/aromatic N) is 5. The van der Waals surface area contributed by atoms with Crippen LogP contribution in [0.4, 0.5) is 4.79 Å². The highest BCUT2D eigenvalue weighted by Crippen LogP contribution is 2.34. The lowest BCUT2D eigenvalue weighted by Crippen LogP contribution is -2.58. The monoisotopic (exact) mass is 525 g/mol. The van der Waals surface area contributed by atoms with Crippen LogP contribution in [0.5, 0.6) is 0 Å². The van der Waals surface area contributed by atoms with Gasteiger partial charge in [-0.25, -0.2) is 9.78 Å². The number of aryl methyl sites for hydroxylation is 1. The zero-order valence-electron chi connectivity index (χ0n) is 22.4. The summed E-state index contributed by atoms with van der Waals surface area (Å²) in [6.45, 7) is 7.59. The molecule has 3 fully saturated rings. The molecule has 3 amide bonds. The summed E-state index contributed by atoms with van der Waals surface area (Å²) in [6.07, 6.45) is 2.85. The van der Waals surface area contributed by atoms with Crippen molar-refractivity contribution in [3.05, 3.63) is 30.1 Å². The second-order valence-electron chi connectivity index (χ2n) is 11.4. The Morgan fingerprint density at radius 2 is 1.84 bits per heavy atom. The van der Waals surface area contributed by atoms with Crippen LogP contribution in [0.25, 0.3) is 11.0 Å². The van der Waals surface area contributed by atoms with E-state index in [0.717, 1.165) is 24.0 Å². The molecule has 2 aromatic rings. The number of ether oxygens (including phenoxy) is 1. The standard InChI is InChI=1S/C28H39N5O5/c1-19(2)16-33(22-15-21(17-31(18-22)28(36)37)26(34)30-11-13-38-14-12-30)27(35)25-29-23-5-3-4-6-24(23)32(25)10-9-20-7-8-20/h3-6,19-22H,7-18H2,1-2H3,(H,36,37)/t21-,22+/m1/s1. The second kappa shape index (κ2) is 11.3. The summed E-state index contributed by atoms with van der Waals surface area (Å²) >= 11 is 0. The van der Waals surface area contributed by atoms with Crippen LogP contribution in [0.2, 0.25) is 0 Å². The van der Waals surface area contributed by atoms with Gasteiger partial charge in [0.15, 0.2) is 5.82 Å². The van der Waals surface area contributed by atoms with Crippen LogP contribution < -0.4 is 0 Å². The van der Waals surface area contributed by atoms with Crippen molar-refractivity contribution >= 4 is 28.9 Å². The zero-order chi connectivity index (χ0) is 26.8. The molecule has 1 aromatic heterocycles. The molecule has 10 nitrogen and oxygen atoms in total. The third-order valence-electron chi connectivity index (χ3n) is 7.94. The third-order valence-corrected chi connectivity index (χ3v) is 7.94. The zero-order valence-corrected chi connectivity index (χ0v) is 22.4. The Morgan fingerprint density at radius 3 is 2.53 bits per heavy atom. The number of carbonyl (C=O) groups excluding carboxylic acids is 2. The summed E-state index contributed by atoms with van der Waals surface area (Å²) in [5.41, 5.74) is 1.73. The van der Waals surface area contributed by atoms with E-state index in [4.69, 9.17) is 9.72 Å². The molecule has 2 atom stereocenters. The Kier molecular flexibility index (Phi) is 7.88. The van der Waals surface area contributed by atoms with Gasteiger partial charge in [-0.2, -0.15) is 0 Å². The molecular weight excluding hydrogens is 486 g/mol. The Balaban J connectivity index is 1.45. The van der Waals surface area contributed by atoms with Gasteiger partial charge >= 0.3 is 6.09 Å². The Morgan fingerprint density at radius 1 is 1.11 bits per heavy atom. The predicted octanol–water partition coefficient (Wildman–Crippen LogP) is 3.16. The number of morpholine rings is 1. The van der Waals surface area contributed by atoms with E-state index in [2.05, 4.69) is 0 Å². The van der Waals surface area contributed by atoms with E-state index in [-0.39, 0.29) is 30.8 Å². The van der Waals surface area contributed by atoms with Gasteiger partial charge in [-0.05, 0) is 36.8 Å². The van der Waals surface area contributed by atoms with Gasteiger partial charge in [0, 0.05) is 39.3 Å². The first-order valence-electron chi connectivity index (χ1n) is 13.9. The minimum absolute atomic E-state index is 0.0575. The molecular formula is C28H39N5O5. The maximum absolute atomic E-state index is 14.2. The summed E-state index contributed by atoms with van der Waals surface area (Å²) in [5.74, 6) is 0.519. The van der Waals surface area contributed by atoms with Gasteiger partial charge in [0.2, 0.25) is 5.91 Å². The third kappa shape index (κ3) is 5.80. The van der Waals surface area contributed by atoms with Crippen molar-refractivity contribution < 1.29 is 24.2 Å². The topological polar surface area (TPSA) is 108 Å². The maximum atomic E-state index is 14.2. The number of piperidine rings is 1. The number of amides is 3. The number of likely N-dealkylation sites (tertiary alicyclic amines) is 1. The molecule has 3 aliphatic rings. The molecule has 206 valence electrons. The molecule has 3 heterocycles. The van der Waals surface area contributed by atoms with Crippen LogP contribution in [-0.4, -0.2) is 99.2 Å². The molecule has 0 unspecified atom stereocenters. The maximum Gasteiger partial charge on any atom is 0.407 e. The number of hydrogen-bond donors (Lipinski definition) is 1. The lowest BCUT2D eigenvalue weighted by Gasteiger charge is -2.43. The number of hydrogen-bond acceptors (Lipinski definition) is 5. The van der Waals surface area contributed by atoms with Crippen molar-refractivity contribution in [2.75, 3.05) is 45.9 Å². The first-order chi connectivity index (χ1) is 18.3. The molecule has 0 radical (unpaired) electrons. The van der Waals surface area contributed by atoms with Gasteiger partial charge in [-0.3, -0.25) is 9.59 Å². The number of benzene rings is 1. The minimum Gasteiger partial charge on any atom is -0.465 e. The van der Waals surface area contributed by atoms with Crippen molar-refractivity contribution in [3.8, 4) is 0 Å². The van der Waals surface area contributed by atoms with Crippen LogP contribution in [0.15, 0.2) is 24.3 Å².